The zero-order valence-corrected chi connectivity index (χ0v) is 16.0. The molecule has 4 nitrogen and oxygen atoms in total. The van der Waals surface area contributed by atoms with E-state index in [0.29, 0.717) is 16.8 Å². The van der Waals surface area contributed by atoms with Crippen LogP contribution in [-0.4, -0.2) is 10.5 Å². The number of carbonyl (C=O) groups is 1. The summed E-state index contributed by atoms with van der Waals surface area (Å²) in [5, 5.41) is 2.61. The molecule has 3 rings (SSSR count). The van der Waals surface area contributed by atoms with Crippen molar-refractivity contribution in [1.29, 1.82) is 0 Å². The summed E-state index contributed by atoms with van der Waals surface area (Å²) in [7, 11) is 0. The molecule has 0 fully saturated rings. The molecule has 2 aromatic carbocycles. The van der Waals surface area contributed by atoms with Crippen molar-refractivity contribution in [3.05, 3.63) is 91.3 Å². The van der Waals surface area contributed by atoms with Crippen LogP contribution in [0, 0.1) is 12.7 Å². The number of amides is 1. The van der Waals surface area contributed by atoms with E-state index < -0.39 is 23.5 Å². The second-order valence-corrected chi connectivity index (χ2v) is 7.34. The van der Waals surface area contributed by atoms with Crippen molar-refractivity contribution in [2.75, 3.05) is 0 Å². The van der Waals surface area contributed by atoms with Gasteiger partial charge in [0.2, 0.25) is 0 Å². The van der Waals surface area contributed by atoms with Crippen molar-refractivity contribution in [2.24, 2.45) is 0 Å². The first-order valence-corrected chi connectivity index (χ1v) is 9.36. The molecule has 1 heterocycles. The van der Waals surface area contributed by atoms with E-state index in [1.807, 2.05) is 0 Å². The van der Waals surface area contributed by atoms with E-state index in [2.05, 4.69) is 5.32 Å². The Morgan fingerprint density at radius 2 is 1.79 bits per heavy atom. The maximum Gasteiger partial charge on any atom is 0.416 e. The summed E-state index contributed by atoms with van der Waals surface area (Å²) in [6.07, 6.45) is -4.42. The number of carbonyl (C=O) groups excluding carboxylic acids is 1. The first kappa shape index (κ1) is 20.8. The Morgan fingerprint density at radius 3 is 2.41 bits per heavy atom. The molecule has 0 bridgehead atoms. The summed E-state index contributed by atoms with van der Waals surface area (Å²) in [6, 6.07) is 10.3. The summed E-state index contributed by atoms with van der Waals surface area (Å²) in [6.45, 7) is 1.77. The third-order valence-electron chi connectivity index (χ3n) is 4.31. The van der Waals surface area contributed by atoms with Crippen molar-refractivity contribution >= 4 is 17.2 Å². The molecule has 3 aromatic rings. The Bertz CT molecular complexity index is 1090. The van der Waals surface area contributed by atoms with Crippen LogP contribution < -0.4 is 10.2 Å². The average Bonchev–Trinajstić information content (AvgIpc) is 2.94. The van der Waals surface area contributed by atoms with Crippen molar-refractivity contribution in [3.63, 3.8) is 0 Å². The topological polar surface area (TPSA) is 51.1 Å². The smallest absolute Gasteiger partial charge is 0.347 e. The predicted molar refractivity (Wildman–Crippen MR) is 101 cm³/mol. The molecule has 0 aliphatic heterocycles. The number of benzene rings is 2. The second kappa shape index (κ2) is 8.20. The molecular formula is C20H16F4N2O2S. The molecule has 1 N–H and O–H groups in total. The zero-order valence-electron chi connectivity index (χ0n) is 15.2. The van der Waals surface area contributed by atoms with E-state index in [4.69, 9.17) is 0 Å². The van der Waals surface area contributed by atoms with Gasteiger partial charge in [0.25, 0.3) is 5.91 Å². The van der Waals surface area contributed by atoms with Gasteiger partial charge in [-0.25, -0.2) is 4.39 Å². The fourth-order valence-electron chi connectivity index (χ4n) is 2.76. The van der Waals surface area contributed by atoms with Crippen LogP contribution in [0.3, 0.4) is 0 Å². The molecule has 152 valence electrons. The summed E-state index contributed by atoms with van der Waals surface area (Å²) in [4.78, 5) is 24.6. The predicted octanol–water partition coefficient (Wildman–Crippen LogP) is 4.35. The molecule has 0 unspecified atom stereocenters. The van der Waals surface area contributed by atoms with Gasteiger partial charge in [0.15, 0.2) is 0 Å². The first-order chi connectivity index (χ1) is 13.6. The van der Waals surface area contributed by atoms with Crippen LogP contribution in [0.2, 0.25) is 0 Å². The van der Waals surface area contributed by atoms with Crippen LogP contribution in [0.15, 0.2) is 53.3 Å². The molecule has 0 radical (unpaired) electrons. The van der Waals surface area contributed by atoms with Gasteiger partial charge >= 0.3 is 11.0 Å². The summed E-state index contributed by atoms with van der Waals surface area (Å²) < 4.78 is 52.5. The van der Waals surface area contributed by atoms with E-state index in [1.165, 1.54) is 34.9 Å². The molecule has 0 aliphatic carbocycles. The van der Waals surface area contributed by atoms with E-state index in [0.717, 1.165) is 23.5 Å². The van der Waals surface area contributed by atoms with Crippen molar-refractivity contribution in [1.82, 2.24) is 9.88 Å². The zero-order chi connectivity index (χ0) is 21.2. The summed E-state index contributed by atoms with van der Waals surface area (Å²) in [5.41, 5.74) is 0.755. The van der Waals surface area contributed by atoms with Crippen LogP contribution in [0.4, 0.5) is 17.6 Å². The molecular weight excluding hydrogens is 408 g/mol. The van der Waals surface area contributed by atoms with Crippen LogP contribution >= 0.6 is 11.3 Å². The molecule has 1 aromatic heterocycles. The highest BCUT2D eigenvalue weighted by Crippen LogP contribution is 2.29. The van der Waals surface area contributed by atoms with Gasteiger partial charge in [0.05, 0.1) is 12.1 Å². The fraction of sp³-hybridized carbons (Fsp3) is 0.200. The fourth-order valence-corrected chi connectivity index (χ4v) is 3.67. The van der Waals surface area contributed by atoms with E-state index >= 15 is 0 Å². The number of aromatic nitrogens is 1. The second-order valence-electron chi connectivity index (χ2n) is 6.38. The summed E-state index contributed by atoms with van der Waals surface area (Å²) >= 11 is 0.766. The lowest BCUT2D eigenvalue weighted by molar-refractivity contribution is -0.137. The highest BCUT2D eigenvalue weighted by molar-refractivity contribution is 7.11. The van der Waals surface area contributed by atoms with Crippen molar-refractivity contribution < 1.29 is 22.4 Å². The Labute approximate surface area is 167 Å². The molecule has 0 atom stereocenters. The quantitative estimate of drug-likeness (QED) is 0.619. The number of rotatable bonds is 5. The van der Waals surface area contributed by atoms with Gasteiger partial charge in [-0.1, -0.05) is 35.6 Å². The molecule has 9 heteroatoms. The maximum absolute atomic E-state index is 13.3. The van der Waals surface area contributed by atoms with Crippen LogP contribution in [-0.2, 0) is 19.3 Å². The Hall–Kier alpha value is -2.94. The Morgan fingerprint density at radius 1 is 1.10 bits per heavy atom. The number of alkyl halides is 3. The van der Waals surface area contributed by atoms with E-state index in [9.17, 15) is 27.2 Å². The number of nitrogens with one attached hydrogen (secondary N) is 1. The minimum absolute atomic E-state index is 0.0202. The molecule has 0 spiro atoms. The molecule has 0 aliphatic rings. The lowest BCUT2D eigenvalue weighted by Crippen LogP contribution is -2.23. The van der Waals surface area contributed by atoms with Crippen molar-refractivity contribution in [3.8, 4) is 0 Å². The van der Waals surface area contributed by atoms with E-state index in [-0.39, 0.29) is 22.8 Å². The number of thiazole rings is 1. The number of hydrogen-bond acceptors (Lipinski definition) is 3. The van der Waals surface area contributed by atoms with Gasteiger partial charge in [-0.3, -0.25) is 14.2 Å². The first-order valence-electron chi connectivity index (χ1n) is 8.54. The third-order valence-corrected chi connectivity index (χ3v) is 5.39. The molecule has 29 heavy (non-hydrogen) atoms. The average molecular weight is 424 g/mol. The van der Waals surface area contributed by atoms with Gasteiger partial charge in [0.1, 0.15) is 10.7 Å². The minimum Gasteiger partial charge on any atom is -0.347 e. The lowest BCUT2D eigenvalue weighted by atomic mass is 10.1. The third kappa shape index (κ3) is 4.92. The Balaban J connectivity index is 1.71. The SMILES string of the molecule is Cc1c(C(=O)NCc2ccc(C(F)(F)F)cc2)sc(=O)n1Cc1cccc(F)c1. The van der Waals surface area contributed by atoms with Gasteiger partial charge in [-0.15, -0.1) is 0 Å². The monoisotopic (exact) mass is 424 g/mol. The molecule has 0 saturated carbocycles. The minimum atomic E-state index is -4.42. The van der Waals surface area contributed by atoms with Crippen LogP contribution in [0.5, 0.6) is 0 Å². The molecule has 1 amide bonds. The lowest BCUT2D eigenvalue weighted by Gasteiger charge is -2.09. The number of halogens is 4. The molecule has 0 saturated heterocycles. The van der Waals surface area contributed by atoms with Gasteiger partial charge in [-0.2, -0.15) is 13.2 Å². The van der Waals surface area contributed by atoms with Crippen molar-refractivity contribution in [2.45, 2.75) is 26.2 Å². The van der Waals surface area contributed by atoms with Gasteiger partial charge < -0.3 is 5.32 Å². The van der Waals surface area contributed by atoms with E-state index in [1.54, 1.807) is 13.0 Å². The van der Waals surface area contributed by atoms with Gasteiger partial charge in [-0.05, 0) is 42.3 Å². The standard InChI is InChI=1S/C20H16F4N2O2S/c1-12-17(29-19(28)26(12)11-14-3-2-4-16(21)9-14)18(27)25-10-13-5-7-15(8-6-13)20(22,23)24/h2-9H,10-11H2,1H3,(H,25,27). The maximum atomic E-state index is 13.3. The normalized spacial score (nSPS) is 11.5. The largest absolute Gasteiger partial charge is 0.416 e. The highest BCUT2D eigenvalue weighted by Gasteiger charge is 2.29. The summed E-state index contributed by atoms with van der Waals surface area (Å²) in [5.74, 6) is -0.916. The highest BCUT2D eigenvalue weighted by atomic mass is 32.1. The number of nitrogens with zero attached hydrogens (tertiary/aromatic N) is 1. The number of hydrogen-bond donors (Lipinski definition) is 1. The van der Waals surface area contributed by atoms with Crippen LogP contribution in [0.25, 0.3) is 0 Å². The Kier molecular flexibility index (Phi) is 5.88. The van der Waals surface area contributed by atoms with Crippen LogP contribution in [0.1, 0.15) is 32.1 Å². The van der Waals surface area contributed by atoms with Gasteiger partial charge in [0, 0.05) is 12.2 Å².